The van der Waals surface area contributed by atoms with Gasteiger partial charge in [0, 0.05) is 26.7 Å². The molecule has 0 fully saturated rings. The predicted molar refractivity (Wildman–Crippen MR) is 85.6 cm³/mol. The molecule has 0 unspecified atom stereocenters. The van der Waals surface area contributed by atoms with Gasteiger partial charge in [0.05, 0.1) is 12.4 Å². The maximum Gasteiger partial charge on any atom is 0.218 e. The normalized spacial score (nSPS) is 12.0. The Kier molecular flexibility index (Phi) is 7.88. The highest BCUT2D eigenvalue weighted by molar-refractivity contribution is 7.88. The summed E-state index contributed by atoms with van der Waals surface area (Å²) in [5, 5.41) is 3.24. The highest BCUT2D eigenvalue weighted by Gasteiger charge is 2.18. The summed E-state index contributed by atoms with van der Waals surface area (Å²) in [5.41, 5.74) is 1.96. The van der Waals surface area contributed by atoms with E-state index in [2.05, 4.69) is 12.2 Å². The molecule has 0 saturated carbocycles. The third-order valence-electron chi connectivity index (χ3n) is 3.18. The molecule has 1 aromatic rings. The van der Waals surface area contributed by atoms with Crippen LogP contribution < -0.4 is 5.32 Å². The topological polar surface area (TPSA) is 58.6 Å². The predicted octanol–water partition coefficient (Wildman–Crippen LogP) is 1.59. The third-order valence-corrected chi connectivity index (χ3v) is 5.01. The van der Waals surface area contributed by atoms with Gasteiger partial charge in [-0.1, -0.05) is 31.2 Å². The second kappa shape index (κ2) is 9.15. The number of nitrogens with one attached hydrogen (secondary N) is 1. The number of nitrogens with zero attached hydrogens (tertiary/aromatic N) is 1. The van der Waals surface area contributed by atoms with Crippen LogP contribution in [0.2, 0.25) is 0 Å². The standard InChI is InChI=1S/C15H26N2O3S/c1-4-16-12-14-6-8-15(9-7-14)13-21(18,19)17(3)10-11-20-5-2/h6-9,16H,4-5,10-13H2,1-3H3. The van der Waals surface area contributed by atoms with Gasteiger partial charge >= 0.3 is 0 Å². The zero-order valence-corrected chi connectivity index (χ0v) is 13.9. The Morgan fingerprint density at radius 3 is 2.33 bits per heavy atom. The first-order valence-electron chi connectivity index (χ1n) is 7.30. The molecular formula is C15H26N2O3S. The number of sulfonamides is 1. The van der Waals surface area contributed by atoms with Gasteiger partial charge in [0.1, 0.15) is 0 Å². The van der Waals surface area contributed by atoms with Crippen LogP contribution in [0.1, 0.15) is 25.0 Å². The molecule has 1 rings (SSSR count). The Labute approximate surface area is 128 Å². The van der Waals surface area contributed by atoms with E-state index in [1.807, 2.05) is 31.2 Å². The SMILES string of the molecule is CCNCc1ccc(CS(=O)(=O)N(C)CCOCC)cc1. The molecule has 0 bridgehead atoms. The number of benzene rings is 1. The van der Waals surface area contributed by atoms with Crippen LogP contribution in [0.25, 0.3) is 0 Å². The largest absolute Gasteiger partial charge is 0.380 e. The number of hydrogen-bond acceptors (Lipinski definition) is 4. The van der Waals surface area contributed by atoms with Crippen LogP contribution in [0.3, 0.4) is 0 Å². The average molecular weight is 314 g/mol. The maximum atomic E-state index is 12.2. The van der Waals surface area contributed by atoms with E-state index in [9.17, 15) is 8.42 Å². The van der Waals surface area contributed by atoms with Crippen molar-refractivity contribution in [1.29, 1.82) is 0 Å². The van der Waals surface area contributed by atoms with Gasteiger partial charge in [0.25, 0.3) is 0 Å². The molecule has 6 heteroatoms. The van der Waals surface area contributed by atoms with Crippen molar-refractivity contribution in [3.05, 3.63) is 35.4 Å². The Morgan fingerprint density at radius 2 is 1.76 bits per heavy atom. The molecular weight excluding hydrogens is 288 g/mol. The van der Waals surface area contributed by atoms with Crippen molar-refractivity contribution in [2.45, 2.75) is 26.1 Å². The molecule has 1 N–H and O–H groups in total. The van der Waals surface area contributed by atoms with Gasteiger partial charge in [-0.05, 0) is 24.6 Å². The molecule has 0 aliphatic heterocycles. The van der Waals surface area contributed by atoms with E-state index >= 15 is 0 Å². The third kappa shape index (κ3) is 6.56. The molecule has 0 saturated heterocycles. The molecule has 0 aromatic heterocycles. The molecule has 5 nitrogen and oxygen atoms in total. The van der Waals surface area contributed by atoms with Gasteiger partial charge in [-0.15, -0.1) is 0 Å². The minimum absolute atomic E-state index is 0.0249. The molecule has 0 spiro atoms. The summed E-state index contributed by atoms with van der Waals surface area (Å²) in [4.78, 5) is 0. The molecule has 21 heavy (non-hydrogen) atoms. The van der Waals surface area contributed by atoms with Gasteiger partial charge in [0.15, 0.2) is 0 Å². The summed E-state index contributed by atoms with van der Waals surface area (Å²) in [7, 11) is -1.69. The van der Waals surface area contributed by atoms with Gasteiger partial charge in [-0.3, -0.25) is 0 Å². The van der Waals surface area contributed by atoms with Crippen molar-refractivity contribution in [2.75, 3.05) is 33.4 Å². The number of hydrogen-bond donors (Lipinski definition) is 1. The summed E-state index contributed by atoms with van der Waals surface area (Å²) in [5.74, 6) is 0.0249. The zero-order chi connectivity index (χ0) is 15.7. The molecule has 0 heterocycles. The molecule has 0 radical (unpaired) electrons. The molecule has 0 aliphatic carbocycles. The lowest BCUT2D eigenvalue weighted by molar-refractivity contribution is 0.138. The van der Waals surface area contributed by atoms with Crippen LogP contribution in [-0.4, -0.2) is 46.1 Å². The van der Waals surface area contributed by atoms with Gasteiger partial charge in [-0.25, -0.2) is 12.7 Å². The summed E-state index contributed by atoms with van der Waals surface area (Å²) in [6.45, 7) is 7.07. The van der Waals surface area contributed by atoms with Gasteiger partial charge in [-0.2, -0.15) is 0 Å². The smallest absolute Gasteiger partial charge is 0.218 e. The minimum atomic E-state index is -3.29. The Balaban J connectivity index is 2.58. The summed E-state index contributed by atoms with van der Waals surface area (Å²) >= 11 is 0. The van der Waals surface area contributed by atoms with Gasteiger partial charge in [0.2, 0.25) is 10.0 Å². The molecule has 120 valence electrons. The lowest BCUT2D eigenvalue weighted by Crippen LogP contribution is -2.31. The van der Waals surface area contributed by atoms with Crippen LogP contribution in [0, 0.1) is 0 Å². The second-order valence-electron chi connectivity index (χ2n) is 4.87. The lowest BCUT2D eigenvalue weighted by Gasteiger charge is -2.17. The first kappa shape index (κ1) is 18.1. The van der Waals surface area contributed by atoms with Gasteiger partial charge < -0.3 is 10.1 Å². The molecule has 0 amide bonds. The summed E-state index contributed by atoms with van der Waals surface area (Å²) in [6, 6.07) is 7.68. The molecule has 0 atom stereocenters. The van der Waals surface area contributed by atoms with Crippen LogP contribution in [0.5, 0.6) is 0 Å². The second-order valence-corrected chi connectivity index (χ2v) is 6.95. The minimum Gasteiger partial charge on any atom is -0.380 e. The summed E-state index contributed by atoms with van der Waals surface area (Å²) < 4.78 is 31.0. The fourth-order valence-electron chi connectivity index (χ4n) is 1.82. The number of likely N-dealkylation sites (N-methyl/N-ethyl adjacent to an activating group) is 1. The van der Waals surface area contributed by atoms with E-state index in [1.54, 1.807) is 7.05 Å². The van der Waals surface area contributed by atoms with Crippen molar-refractivity contribution in [1.82, 2.24) is 9.62 Å². The highest BCUT2D eigenvalue weighted by Crippen LogP contribution is 2.11. The van der Waals surface area contributed by atoms with Crippen LogP contribution in [-0.2, 0) is 27.1 Å². The van der Waals surface area contributed by atoms with Crippen molar-refractivity contribution < 1.29 is 13.2 Å². The van der Waals surface area contributed by atoms with Crippen LogP contribution >= 0.6 is 0 Å². The molecule has 1 aromatic carbocycles. The average Bonchev–Trinajstić information content (AvgIpc) is 2.46. The van der Waals surface area contributed by atoms with E-state index in [0.29, 0.717) is 19.8 Å². The Bertz CT molecular complexity index is 500. The van der Waals surface area contributed by atoms with Crippen molar-refractivity contribution in [3.63, 3.8) is 0 Å². The van der Waals surface area contributed by atoms with Crippen molar-refractivity contribution in [3.8, 4) is 0 Å². The van der Waals surface area contributed by atoms with E-state index in [1.165, 1.54) is 4.31 Å². The van der Waals surface area contributed by atoms with E-state index in [4.69, 9.17) is 4.74 Å². The van der Waals surface area contributed by atoms with Crippen molar-refractivity contribution in [2.24, 2.45) is 0 Å². The fraction of sp³-hybridized carbons (Fsp3) is 0.600. The monoisotopic (exact) mass is 314 g/mol. The first-order valence-corrected chi connectivity index (χ1v) is 8.90. The zero-order valence-electron chi connectivity index (χ0n) is 13.1. The molecule has 0 aliphatic rings. The highest BCUT2D eigenvalue weighted by atomic mass is 32.2. The van der Waals surface area contributed by atoms with E-state index in [-0.39, 0.29) is 5.75 Å². The quantitative estimate of drug-likeness (QED) is 0.666. The van der Waals surface area contributed by atoms with Crippen LogP contribution in [0.15, 0.2) is 24.3 Å². The maximum absolute atomic E-state index is 12.2. The Hall–Kier alpha value is -0.950. The van der Waals surface area contributed by atoms with E-state index < -0.39 is 10.0 Å². The summed E-state index contributed by atoms with van der Waals surface area (Å²) in [6.07, 6.45) is 0. The van der Waals surface area contributed by atoms with E-state index in [0.717, 1.165) is 24.2 Å². The van der Waals surface area contributed by atoms with Crippen LogP contribution in [0.4, 0.5) is 0 Å². The lowest BCUT2D eigenvalue weighted by atomic mass is 10.1. The fourth-order valence-corrected chi connectivity index (χ4v) is 3.01. The Morgan fingerprint density at radius 1 is 1.14 bits per heavy atom. The number of ether oxygens (including phenoxy) is 1. The van der Waals surface area contributed by atoms with Crippen molar-refractivity contribution >= 4 is 10.0 Å². The number of rotatable bonds is 10. The first-order chi connectivity index (χ1) is 9.99.